The van der Waals surface area contributed by atoms with Crippen LogP contribution in [0, 0.1) is 0 Å². The van der Waals surface area contributed by atoms with Crippen LogP contribution in [0.4, 0.5) is 0 Å². The number of carbonyl (C=O) groups excluding carboxylic acids is 1. The standard InChI is InChI=1S/C12H15BrN2OS/c1-8-9(2)17-7-6-15(8)12(16)10-4-3-5-11(13)14-10/h3-5,8-9H,6-7H2,1-2H3. The van der Waals surface area contributed by atoms with Crippen LogP contribution in [-0.4, -0.2) is 39.4 Å². The Labute approximate surface area is 114 Å². The Morgan fingerprint density at radius 3 is 3.00 bits per heavy atom. The average molecular weight is 315 g/mol. The van der Waals surface area contributed by atoms with Crippen molar-refractivity contribution in [2.45, 2.75) is 25.1 Å². The van der Waals surface area contributed by atoms with Crippen molar-refractivity contribution in [3.63, 3.8) is 0 Å². The maximum Gasteiger partial charge on any atom is 0.272 e. The van der Waals surface area contributed by atoms with E-state index in [2.05, 4.69) is 34.8 Å². The third-order valence-electron chi connectivity index (χ3n) is 3.08. The van der Waals surface area contributed by atoms with Crippen molar-refractivity contribution >= 4 is 33.6 Å². The molecule has 0 N–H and O–H groups in total. The van der Waals surface area contributed by atoms with Crippen molar-refractivity contribution < 1.29 is 4.79 Å². The molecular weight excluding hydrogens is 300 g/mol. The average Bonchev–Trinajstić information content (AvgIpc) is 2.32. The summed E-state index contributed by atoms with van der Waals surface area (Å²) in [5, 5.41) is 0.486. The van der Waals surface area contributed by atoms with E-state index in [1.165, 1.54) is 0 Å². The monoisotopic (exact) mass is 314 g/mol. The van der Waals surface area contributed by atoms with Crippen molar-refractivity contribution in [2.75, 3.05) is 12.3 Å². The van der Waals surface area contributed by atoms with Gasteiger partial charge in [0, 0.05) is 23.6 Å². The van der Waals surface area contributed by atoms with E-state index in [1.807, 2.05) is 28.8 Å². The van der Waals surface area contributed by atoms with Gasteiger partial charge in [-0.15, -0.1) is 0 Å². The van der Waals surface area contributed by atoms with Gasteiger partial charge in [0.2, 0.25) is 0 Å². The molecule has 1 aromatic rings. The second-order valence-electron chi connectivity index (χ2n) is 4.16. The predicted molar refractivity (Wildman–Crippen MR) is 74.4 cm³/mol. The van der Waals surface area contributed by atoms with Crippen LogP contribution in [0.3, 0.4) is 0 Å². The number of aromatic nitrogens is 1. The smallest absolute Gasteiger partial charge is 0.272 e. The maximum atomic E-state index is 12.3. The highest BCUT2D eigenvalue weighted by Gasteiger charge is 2.29. The fraction of sp³-hybridized carbons (Fsp3) is 0.500. The van der Waals surface area contributed by atoms with Crippen LogP contribution in [0.15, 0.2) is 22.8 Å². The molecule has 17 heavy (non-hydrogen) atoms. The number of hydrogen-bond donors (Lipinski definition) is 0. The van der Waals surface area contributed by atoms with E-state index in [1.54, 1.807) is 6.07 Å². The molecule has 0 aromatic carbocycles. The Hall–Kier alpha value is -0.550. The molecule has 0 radical (unpaired) electrons. The molecule has 3 nitrogen and oxygen atoms in total. The van der Waals surface area contributed by atoms with Gasteiger partial charge >= 0.3 is 0 Å². The summed E-state index contributed by atoms with van der Waals surface area (Å²) in [4.78, 5) is 18.5. The molecule has 0 aliphatic carbocycles. The van der Waals surface area contributed by atoms with Crippen molar-refractivity contribution in [3.8, 4) is 0 Å². The minimum atomic E-state index is 0.0333. The summed E-state index contributed by atoms with van der Waals surface area (Å²) in [6.07, 6.45) is 0. The van der Waals surface area contributed by atoms with Crippen molar-refractivity contribution in [1.29, 1.82) is 0 Å². The first-order chi connectivity index (χ1) is 8.09. The molecule has 2 atom stereocenters. The van der Waals surface area contributed by atoms with E-state index < -0.39 is 0 Å². The quantitative estimate of drug-likeness (QED) is 0.747. The Bertz CT molecular complexity index is 427. The van der Waals surface area contributed by atoms with E-state index in [-0.39, 0.29) is 11.9 Å². The third kappa shape index (κ3) is 2.83. The molecule has 1 saturated heterocycles. The topological polar surface area (TPSA) is 33.2 Å². The highest BCUT2D eigenvalue weighted by molar-refractivity contribution is 9.10. The first-order valence-corrected chi connectivity index (χ1v) is 7.49. The molecule has 1 fully saturated rings. The summed E-state index contributed by atoms with van der Waals surface area (Å²) in [5.74, 6) is 1.04. The zero-order valence-electron chi connectivity index (χ0n) is 9.89. The molecule has 1 aliphatic rings. The van der Waals surface area contributed by atoms with Gasteiger partial charge in [-0.1, -0.05) is 13.0 Å². The zero-order valence-corrected chi connectivity index (χ0v) is 12.3. The van der Waals surface area contributed by atoms with Gasteiger partial charge in [0.1, 0.15) is 10.3 Å². The van der Waals surface area contributed by atoms with Gasteiger partial charge in [0.25, 0.3) is 5.91 Å². The minimum Gasteiger partial charge on any atom is -0.333 e. The number of carbonyl (C=O) groups is 1. The molecule has 5 heteroatoms. The Kier molecular flexibility index (Phi) is 4.09. The van der Waals surface area contributed by atoms with Crippen molar-refractivity contribution in [1.82, 2.24) is 9.88 Å². The van der Waals surface area contributed by atoms with Crippen LogP contribution in [0.5, 0.6) is 0 Å². The number of halogens is 1. The first kappa shape index (κ1) is 12.9. The molecule has 1 aliphatic heterocycles. The van der Waals surface area contributed by atoms with Crippen LogP contribution < -0.4 is 0 Å². The molecule has 0 bridgehead atoms. The van der Waals surface area contributed by atoms with Crippen LogP contribution >= 0.6 is 27.7 Å². The lowest BCUT2D eigenvalue weighted by Gasteiger charge is -2.37. The highest BCUT2D eigenvalue weighted by atomic mass is 79.9. The third-order valence-corrected chi connectivity index (χ3v) is 4.86. The molecule has 2 unspecified atom stereocenters. The molecular formula is C12H15BrN2OS. The Balaban J connectivity index is 2.19. The predicted octanol–water partition coefficient (Wildman–Crippen LogP) is 2.81. The van der Waals surface area contributed by atoms with Crippen LogP contribution in [0.2, 0.25) is 0 Å². The lowest BCUT2D eigenvalue weighted by Crippen LogP contribution is -2.48. The normalized spacial score (nSPS) is 24.8. The fourth-order valence-corrected chi connectivity index (χ4v) is 3.34. The Morgan fingerprint density at radius 2 is 2.29 bits per heavy atom. The number of hydrogen-bond acceptors (Lipinski definition) is 3. The number of pyridine rings is 1. The van der Waals surface area contributed by atoms with Gasteiger partial charge < -0.3 is 4.90 Å². The molecule has 92 valence electrons. The number of nitrogens with zero attached hydrogens (tertiary/aromatic N) is 2. The van der Waals surface area contributed by atoms with Gasteiger partial charge in [-0.2, -0.15) is 11.8 Å². The van der Waals surface area contributed by atoms with Crippen molar-refractivity contribution in [2.24, 2.45) is 0 Å². The van der Waals surface area contributed by atoms with Gasteiger partial charge in [0.15, 0.2) is 0 Å². The summed E-state index contributed by atoms with van der Waals surface area (Å²) in [6.45, 7) is 5.08. The molecule has 0 spiro atoms. The fourth-order valence-electron chi connectivity index (χ4n) is 1.89. The summed E-state index contributed by atoms with van der Waals surface area (Å²) in [6, 6.07) is 5.71. The first-order valence-electron chi connectivity index (χ1n) is 5.64. The van der Waals surface area contributed by atoms with E-state index in [9.17, 15) is 4.79 Å². The summed E-state index contributed by atoms with van der Waals surface area (Å²) < 4.78 is 0.704. The SMILES string of the molecule is CC1SCCN(C(=O)c2cccc(Br)n2)C1C. The van der Waals surface area contributed by atoms with Crippen molar-refractivity contribution in [3.05, 3.63) is 28.5 Å². The van der Waals surface area contributed by atoms with E-state index in [0.717, 1.165) is 12.3 Å². The van der Waals surface area contributed by atoms with Gasteiger partial charge in [-0.25, -0.2) is 4.98 Å². The van der Waals surface area contributed by atoms with E-state index in [0.29, 0.717) is 15.5 Å². The summed E-state index contributed by atoms with van der Waals surface area (Å²) in [5.41, 5.74) is 0.519. The van der Waals surface area contributed by atoms with E-state index in [4.69, 9.17) is 0 Å². The maximum absolute atomic E-state index is 12.3. The second-order valence-corrected chi connectivity index (χ2v) is 6.46. The summed E-state index contributed by atoms with van der Waals surface area (Å²) in [7, 11) is 0. The second kappa shape index (κ2) is 5.40. The van der Waals surface area contributed by atoms with Gasteiger partial charge in [0.05, 0.1) is 0 Å². The molecule has 1 amide bonds. The number of thioether (sulfide) groups is 1. The zero-order chi connectivity index (χ0) is 12.4. The molecule has 0 saturated carbocycles. The minimum absolute atomic E-state index is 0.0333. The summed E-state index contributed by atoms with van der Waals surface area (Å²) >= 11 is 5.22. The number of rotatable bonds is 1. The van der Waals surface area contributed by atoms with Gasteiger partial charge in [-0.3, -0.25) is 4.79 Å². The molecule has 2 heterocycles. The van der Waals surface area contributed by atoms with Crippen LogP contribution in [0.25, 0.3) is 0 Å². The lowest BCUT2D eigenvalue weighted by molar-refractivity contribution is 0.0692. The van der Waals surface area contributed by atoms with Crippen LogP contribution in [-0.2, 0) is 0 Å². The molecule has 2 rings (SSSR count). The lowest BCUT2D eigenvalue weighted by atomic mass is 10.2. The van der Waals surface area contributed by atoms with E-state index >= 15 is 0 Å². The largest absolute Gasteiger partial charge is 0.333 e. The number of amides is 1. The Morgan fingerprint density at radius 1 is 1.53 bits per heavy atom. The molecule has 1 aromatic heterocycles. The van der Waals surface area contributed by atoms with Gasteiger partial charge in [-0.05, 0) is 35.0 Å². The highest BCUT2D eigenvalue weighted by Crippen LogP contribution is 2.25. The van der Waals surface area contributed by atoms with Crippen LogP contribution in [0.1, 0.15) is 24.3 Å².